The molecule has 2 fully saturated rings. The minimum atomic E-state index is -4.27. The van der Waals surface area contributed by atoms with Crippen molar-refractivity contribution in [3.63, 3.8) is 0 Å². The standard InChI is InChI=1S/C22H27F3N4O/c1-29-19(21(8-9-21)22(23,24)25)10-16-20(29)28-17(11-26-16)15-7-3-6-14(13-4-2-5-13)18(12-30)27-15/h10-11,13-14,18,30H,2-9,12H2,1H3/t14-,18-/m1/s1. The van der Waals surface area contributed by atoms with Crippen molar-refractivity contribution in [1.29, 1.82) is 0 Å². The molecular formula is C22H27F3N4O. The number of aromatic nitrogens is 3. The number of hydrogen-bond acceptors (Lipinski definition) is 4. The molecule has 0 spiro atoms. The first-order chi connectivity index (χ1) is 14.3. The zero-order valence-corrected chi connectivity index (χ0v) is 17.1. The monoisotopic (exact) mass is 420 g/mol. The van der Waals surface area contributed by atoms with Gasteiger partial charge in [0.1, 0.15) is 16.6 Å². The predicted molar refractivity (Wildman–Crippen MR) is 108 cm³/mol. The molecular weight excluding hydrogens is 393 g/mol. The van der Waals surface area contributed by atoms with Gasteiger partial charge in [-0.3, -0.25) is 9.98 Å². The molecule has 5 nitrogen and oxygen atoms in total. The number of halogens is 3. The van der Waals surface area contributed by atoms with Crippen LogP contribution in [0, 0.1) is 11.8 Å². The summed E-state index contributed by atoms with van der Waals surface area (Å²) in [6.07, 6.45) is 4.03. The van der Waals surface area contributed by atoms with Crippen molar-refractivity contribution >= 4 is 16.9 Å². The molecule has 2 atom stereocenters. The lowest BCUT2D eigenvalue weighted by atomic mass is 9.71. The molecule has 1 N–H and O–H groups in total. The number of aliphatic hydroxyl groups is 1. The summed E-state index contributed by atoms with van der Waals surface area (Å²) < 4.78 is 42.4. The molecule has 1 aliphatic heterocycles. The van der Waals surface area contributed by atoms with Crippen LogP contribution in [-0.4, -0.2) is 44.2 Å². The first kappa shape index (κ1) is 20.0. The molecule has 3 aliphatic rings. The van der Waals surface area contributed by atoms with Crippen molar-refractivity contribution < 1.29 is 18.3 Å². The summed E-state index contributed by atoms with van der Waals surface area (Å²) in [5, 5.41) is 9.96. The molecule has 162 valence electrons. The van der Waals surface area contributed by atoms with Gasteiger partial charge in [-0.15, -0.1) is 0 Å². The minimum Gasteiger partial charge on any atom is -0.394 e. The van der Waals surface area contributed by atoms with Gasteiger partial charge in [0, 0.05) is 12.7 Å². The number of nitrogens with zero attached hydrogens (tertiary/aromatic N) is 4. The minimum absolute atomic E-state index is 0.0166. The van der Waals surface area contributed by atoms with E-state index in [1.54, 1.807) is 17.8 Å². The fraction of sp³-hybridized carbons (Fsp3) is 0.682. The highest BCUT2D eigenvalue weighted by Gasteiger charge is 2.65. The fourth-order valence-electron chi connectivity index (χ4n) is 5.33. The van der Waals surface area contributed by atoms with Crippen LogP contribution in [0.4, 0.5) is 13.2 Å². The Kier molecular flexibility index (Phi) is 4.69. The Morgan fingerprint density at radius 2 is 1.97 bits per heavy atom. The van der Waals surface area contributed by atoms with E-state index in [4.69, 9.17) is 4.99 Å². The third-order valence-corrected chi connectivity index (χ3v) is 7.52. The lowest BCUT2D eigenvalue weighted by molar-refractivity contribution is -0.162. The van der Waals surface area contributed by atoms with Crippen molar-refractivity contribution in [2.75, 3.05) is 6.61 Å². The summed E-state index contributed by atoms with van der Waals surface area (Å²) in [4.78, 5) is 14.0. The third kappa shape index (κ3) is 3.06. The number of alkyl halides is 3. The van der Waals surface area contributed by atoms with Gasteiger partial charge >= 0.3 is 6.18 Å². The van der Waals surface area contributed by atoms with Gasteiger partial charge in [0.25, 0.3) is 0 Å². The third-order valence-electron chi connectivity index (χ3n) is 7.52. The van der Waals surface area contributed by atoms with Crippen LogP contribution in [0.1, 0.15) is 62.8 Å². The Hall–Kier alpha value is -1.96. The number of aliphatic imine (C=N–C) groups is 1. The summed E-state index contributed by atoms with van der Waals surface area (Å²) in [5.74, 6) is 1.05. The summed E-state index contributed by atoms with van der Waals surface area (Å²) >= 11 is 0. The normalized spacial score (nSPS) is 26.9. The van der Waals surface area contributed by atoms with E-state index in [0.717, 1.165) is 25.0 Å². The van der Waals surface area contributed by atoms with Crippen LogP contribution < -0.4 is 0 Å². The van der Waals surface area contributed by atoms with E-state index in [1.807, 2.05) is 0 Å². The summed E-state index contributed by atoms with van der Waals surface area (Å²) in [7, 11) is 1.64. The van der Waals surface area contributed by atoms with Gasteiger partial charge in [-0.1, -0.05) is 19.3 Å². The number of aliphatic hydroxyl groups excluding tert-OH is 1. The maximum Gasteiger partial charge on any atom is 0.399 e. The highest BCUT2D eigenvalue weighted by molar-refractivity contribution is 6.00. The second-order valence-corrected chi connectivity index (χ2v) is 9.21. The Labute approximate surface area is 173 Å². The molecule has 0 aromatic carbocycles. The summed E-state index contributed by atoms with van der Waals surface area (Å²) in [5.41, 5.74) is 0.836. The molecule has 2 saturated carbocycles. The maximum absolute atomic E-state index is 13.6. The highest BCUT2D eigenvalue weighted by atomic mass is 19.4. The van der Waals surface area contributed by atoms with Gasteiger partial charge in [0.15, 0.2) is 5.65 Å². The average Bonchev–Trinajstić information content (AvgIpc) is 3.44. The molecule has 30 heavy (non-hydrogen) atoms. The second-order valence-electron chi connectivity index (χ2n) is 9.21. The first-order valence-corrected chi connectivity index (χ1v) is 10.9. The zero-order valence-electron chi connectivity index (χ0n) is 17.1. The van der Waals surface area contributed by atoms with E-state index in [9.17, 15) is 18.3 Å². The number of aryl methyl sites for hydroxylation is 1. The number of rotatable bonds is 4. The van der Waals surface area contributed by atoms with E-state index in [1.165, 1.54) is 25.3 Å². The van der Waals surface area contributed by atoms with Crippen LogP contribution in [0.5, 0.6) is 0 Å². The van der Waals surface area contributed by atoms with Gasteiger partial charge in [-0.2, -0.15) is 13.2 Å². The molecule has 2 aromatic heterocycles. The van der Waals surface area contributed by atoms with Crippen LogP contribution in [0.2, 0.25) is 0 Å². The Balaban J connectivity index is 1.50. The quantitative estimate of drug-likeness (QED) is 0.802. The van der Waals surface area contributed by atoms with Crippen LogP contribution in [0.25, 0.3) is 11.2 Å². The molecule has 0 bridgehead atoms. The molecule has 8 heteroatoms. The molecule has 2 aromatic rings. The lowest BCUT2D eigenvalue weighted by Gasteiger charge is -2.36. The summed E-state index contributed by atoms with van der Waals surface area (Å²) in [6.45, 7) is 0.0166. The predicted octanol–water partition coefficient (Wildman–Crippen LogP) is 4.31. The zero-order chi connectivity index (χ0) is 21.1. The molecule has 0 amide bonds. The number of hydrogen-bond donors (Lipinski definition) is 1. The molecule has 0 saturated heterocycles. The lowest BCUT2D eigenvalue weighted by Crippen LogP contribution is -2.33. The Bertz CT molecular complexity index is 988. The van der Waals surface area contributed by atoms with Gasteiger partial charge < -0.3 is 9.67 Å². The Morgan fingerprint density at radius 1 is 1.20 bits per heavy atom. The first-order valence-electron chi connectivity index (χ1n) is 10.9. The molecule has 3 heterocycles. The van der Waals surface area contributed by atoms with Gasteiger partial charge in [-0.05, 0) is 50.0 Å². The van der Waals surface area contributed by atoms with Gasteiger partial charge in [0.2, 0.25) is 0 Å². The van der Waals surface area contributed by atoms with Crippen molar-refractivity contribution in [1.82, 2.24) is 14.5 Å². The second kappa shape index (κ2) is 7.04. The molecule has 0 unspecified atom stereocenters. The van der Waals surface area contributed by atoms with E-state index >= 15 is 0 Å². The van der Waals surface area contributed by atoms with Gasteiger partial charge in [-0.25, -0.2) is 4.98 Å². The smallest absolute Gasteiger partial charge is 0.394 e. The van der Waals surface area contributed by atoms with Crippen molar-refractivity contribution in [2.45, 2.75) is 69.0 Å². The SMILES string of the molecule is Cn1c(C2(C(F)(F)F)CC2)cc2ncc(C3=N[C@H](CO)[C@@H](C4CCC4)CCC3)nc21. The topological polar surface area (TPSA) is 63.3 Å². The van der Waals surface area contributed by atoms with E-state index in [-0.39, 0.29) is 31.2 Å². The van der Waals surface area contributed by atoms with Crippen LogP contribution in [0.3, 0.4) is 0 Å². The average molecular weight is 420 g/mol. The molecule has 0 radical (unpaired) electrons. The maximum atomic E-state index is 13.6. The van der Waals surface area contributed by atoms with Crippen LogP contribution in [0.15, 0.2) is 17.3 Å². The Morgan fingerprint density at radius 3 is 2.57 bits per heavy atom. The number of fused-ring (bicyclic) bond motifs is 1. The fourth-order valence-corrected chi connectivity index (χ4v) is 5.33. The van der Waals surface area contributed by atoms with Gasteiger partial charge in [0.05, 0.1) is 24.6 Å². The largest absolute Gasteiger partial charge is 0.399 e. The van der Waals surface area contributed by atoms with E-state index < -0.39 is 11.6 Å². The van der Waals surface area contributed by atoms with Crippen molar-refractivity contribution in [3.05, 3.63) is 23.7 Å². The summed E-state index contributed by atoms with van der Waals surface area (Å²) in [6, 6.07) is 1.40. The van der Waals surface area contributed by atoms with Crippen molar-refractivity contribution in [3.8, 4) is 0 Å². The molecule has 5 rings (SSSR count). The molecule has 2 aliphatic carbocycles. The van der Waals surface area contributed by atoms with E-state index in [0.29, 0.717) is 28.7 Å². The van der Waals surface area contributed by atoms with Crippen molar-refractivity contribution in [2.24, 2.45) is 23.9 Å². The van der Waals surface area contributed by atoms with E-state index in [2.05, 4.69) is 9.97 Å². The van der Waals surface area contributed by atoms with Crippen LogP contribution in [-0.2, 0) is 12.5 Å². The highest BCUT2D eigenvalue weighted by Crippen LogP contribution is 2.59. The van der Waals surface area contributed by atoms with Crippen LogP contribution >= 0.6 is 0 Å².